The van der Waals surface area contributed by atoms with Crippen LogP contribution < -0.4 is 5.73 Å². The molecule has 2 atom stereocenters. The number of nitrogens with two attached hydrogens (primary N) is 1. The molecule has 0 saturated heterocycles. The van der Waals surface area contributed by atoms with E-state index in [4.69, 9.17) is 5.73 Å². The molecule has 0 amide bonds. The summed E-state index contributed by atoms with van der Waals surface area (Å²) in [6.07, 6.45) is 0. The zero-order chi connectivity index (χ0) is 9.80. The SMILES string of the molecule is Cc1cc(Br)c([C@H]2[C@H](N)C2(C)C)s1. The van der Waals surface area contributed by atoms with Crippen molar-refractivity contribution in [2.45, 2.75) is 32.7 Å². The first kappa shape index (κ1) is 9.69. The van der Waals surface area contributed by atoms with E-state index in [1.165, 1.54) is 14.2 Å². The van der Waals surface area contributed by atoms with E-state index < -0.39 is 0 Å². The smallest absolute Gasteiger partial charge is 0.0320 e. The summed E-state index contributed by atoms with van der Waals surface area (Å²) < 4.78 is 1.24. The largest absolute Gasteiger partial charge is 0.327 e. The molecule has 1 nitrogen and oxygen atoms in total. The van der Waals surface area contributed by atoms with Crippen LogP contribution in [0.3, 0.4) is 0 Å². The van der Waals surface area contributed by atoms with Crippen molar-refractivity contribution in [3.63, 3.8) is 0 Å². The number of rotatable bonds is 1. The number of aryl methyl sites for hydroxylation is 1. The monoisotopic (exact) mass is 259 g/mol. The van der Waals surface area contributed by atoms with Crippen molar-refractivity contribution in [3.05, 3.63) is 20.3 Å². The molecular formula is C10H14BrNS. The molecule has 0 bridgehead atoms. The minimum absolute atomic E-state index is 0.291. The molecule has 0 unspecified atom stereocenters. The minimum Gasteiger partial charge on any atom is -0.327 e. The molecule has 1 aliphatic rings. The van der Waals surface area contributed by atoms with Crippen molar-refractivity contribution < 1.29 is 0 Å². The molecule has 0 spiro atoms. The zero-order valence-electron chi connectivity index (χ0n) is 8.10. The van der Waals surface area contributed by atoms with Crippen LogP contribution >= 0.6 is 27.3 Å². The molecule has 3 heteroatoms. The highest BCUT2D eigenvalue weighted by Crippen LogP contribution is 2.60. The van der Waals surface area contributed by atoms with Crippen molar-refractivity contribution in [2.24, 2.45) is 11.1 Å². The van der Waals surface area contributed by atoms with Crippen molar-refractivity contribution in [1.29, 1.82) is 0 Å². The predicted octanol–water partition coefficient (Wildman–Crippen LogP) is 3.27. The molecular weight excluding hydrogens is 246 g/mol. The fourth-order valence-corrected chi connectivity index (χ4v) is 4.13. The van der Waals surface area contributed by atoms with E-state index in [0.29, 0.717) is 17.4 Å². The van der Waals surface area contributed by atoms with Crippen molar-refractivity contribution in [2.75, 3.05) is 0 Å². The molecule has 2 rings (SSSR count). The minimum atomic E-state index is 0.291. The first-order valence-corrected chi connectivity index (χ1v) is 6.07. The lowest BCUT2D eigenvalue weighted by Gasteiger charge is -1.99. The van der Waals surface area contributed by atoms with E-state index in [1.54, 1.807) is 0 Å². The van der Waals surface area contributed by atoms with Crippen LogP contribution in [0.1, 0.15) is 29.5 Å². The molecule has 72 valence electrons. The lowest BCUT2D eigenvalue weighted by Crippen LogP contribution is -2.06. The third-order valence-corrected chi connectivity index (χ3v) is 5.08. The first-order chi connectivity index (χ1) is 5.94. The normalized spacial score (nSPS) is 30.5. The number of hydrogen-bond donors (Lipinski definition) is 1. The fraction of sp³-hybridized carbons (Fsp3) is 0.600. The van der Waals surface area contributed by atoms with Gasteiger partial charge in [0, 0.05) is 26.2 Å². The van der Waals surface area contributed by atoms with Gasteiger partial charge in [-0.25, -0.2) is 0 Å². The van der Waals surface area contributed by atoms with Gasteiger partial charge in [0.1, 0.15) is 0 Å². The van der Waals surface area contributed by atoms with Gasteiger partial charge >= 0.3 is 0 Å². The average Bonchev–Trinajstić information content (AvgIpc) is 2.36. The second-order valence-corrected chi connectivity index (χ2v) is 6.54. The van der Waals surface area contributed by atoms with E-state index >= 15 is 0 Å². The van der Waals surface area contributed by atoms with Crippen LogP contribution in [0.4, 0.5) is 0 Å². The van der Waals surface area contributed by atoms with E-state index in [1.807, 2.05) is 11.3 Å². The van der Waals surface area contributed by atoms with Crippen LogP contribution in [0.25, 0.3) is 0 Å². The van der Waals surface area contributed by atoms with Gasteiger partial charge in [-0.15, -0.1) is 11.3 Å². The predicted molar refractivity (Wildman–Crippen MR) is 61.3 cm³/mol. The Morgan fingerprint density at radius 2 is 2.08 bits per heavy atom. The highest BCUT2D eigenvalue weighted by molar-refractivity contribution is 9.10. The molecule has 1 fully saturated rings. The van der Waals surface area contributed by atoms with Gasteiger partial charge in [0.2, 0.25) is 0 Å². The molecule has 1 aliphatic carbocycles. The second kappa shape index (κ2) is 2.81. The van der Waals surface area contributed by atoms with Gasteiger partial charge in [-0.2, -0.15) is 0 Å². The quantitative estimate of drug-likeness (QED) is 0.824. The number of thiophene rings is 1. The van der Waals surface area contributed by atoms with Gasteiger partial charge in [-0.3, -0.25) is 0 Å². The van der Waals surface area contributed by atoms with E-state index in [0.717, 1.165) is 0 Å². The van der Waals surface area contributed by atoms with Crippen molar-refractivity contribution >= 4 is 27.3 Å². The maximum atomic E-state index is 6.04. The topological polar surface area (TPSA) is 26.0 Å². The molecule has 1 aromatic heterocycles. The molecule has 0 aromatic carbocycles. The molecule has 1 aromatic rings. The van der Waals surface area contributed by atoms with Crippen LogP contribution in [0.15, 0.2) is 10.5 Å². The first-order valence-electron chi connectivity index (χ1n) is 4.46. The second-order valence-electron chi connectivity index (χ2n) is 4.39. The van der Waals surface area contributed by atoms with Crippen LogP contribution in [-0.4, -0.2) is 6.04 Å². The summed E-state index contributed by atoms with van der Waals surface area (Å²) in [5.41, 5.74) is 6.33. The Balaban J connectivity index is 2.34. The standard InChI is InChI=1S/C10H14BrNS/c1-5-4-6(11)8(13-5)7-9(12)10(7,2)3/h4,7,9H,12H2,1-3H3/t7-,9-/m0/s1. The van der Waals surface area contributed by atoms with E-state index in [2.05, 4.69) is 42.8 Å². The summed E-state index contributed by atoms with van der Waals surface area (Å²) in [5, 5.41) is 0. The molecule has 2 N–H and O–H groups in total. The van der Waals surface area contributed by atoms with Gasteiger partial charge in [-0.05, 0) is 34.3 Å². The summed E-state index contributed by atoms with van der Waals surface area (Å²) in [5.74, 6) is 0.556. The van der Waals surface area contributed by atoms with Crippen molar-refractivity contribution in [3.8, 4) is 0 Å². The van der Waals surface area contributed by atoms with E-state index in [9.17, 15) is 0 Å². The Labute approximate surface area is 91.5 Å². The average molecular weight is 260 g/mol. The number of halogens is 1. The Bertz CT molecular complexity index is 343. The molecule has 0 aliphatic heterocycles. The zero-order valence-corrected chi connectivity index (χ0v) is 10.5. The Kier molecular flexibility index (Phi) is 2.10. The third-order valence-electron chi connectivity index (χ3n) is 3.03. The van der Waals surface area contributed by atoms with Crippen LogP contribution in [0.2, 0.25) is 0 Å². The Morgan fingerprint density at radius 1 is 1.54 bits per heavy atom. The Morgan fingerprint density at radius 3 is 2.38 bits per heavy atom. The lowest BCUT2D eigenvalue weighted by atomic mass is 10.1. The maximum Gasteiger partial charge on any atom is 0.0320 e. The summed E-state index contributed by atoms with van der Waals surface area (Å²) in [6.45, 7) is 6.62. The fourth-order valence-electron chi connectivity index (χ4n) is 1.89. The maximum absolute atomic E-state index is 6.04. The summed E-state index contributed by atoms with van der Waals surface area (Å²) in [6, 6.07) is 2.52. The van der Waals surface area contributed by atoms with Gasteiger partial charge in [0.05, 0.1) is 0 Å². The highest BCUT2D eigenvalue weighted by atomic mass is 79.9. The summed E-state index contributed by atoms with van der Waals surface area (Å²) in [7, 11) is 0. The van der Waals surface area contributed by atoms with Crippen molar-refractivity contribution in [1.82, 2.24) is 0 Å². The Hall–Kier alpha value is 0.140. The lowest BCUT2D eigenvalue weighted by molar-refractivity contribution is 0.601. The summed E-state index contributed by atoms with van der Waals surface area (Å²) in [4.78, 5) is 2.78. The summed E-state index contributed by atoms with van der Waals surface area (Å²) >= 11 is 5.46. The van der Waals surface area contributed by atoms with Crippen LogP contribution in [-0.2, 0) is 0 Å². The van der Waals surface area contributed by atoms with Crippen LogP contribution in [0.5, 0.6) is 0 Å². The third kappa shape index (κ3) is 1.37. The van der Waals surface area contributed by atoms with Gasteiger partial charge < -0.3 is 5.73 Å². The van der Waals surface area contributed by atoms with Gasteiger partial charge in [0.25, 0.3) is 0 Å². The number of hydrogen-bond acceptors (Lipinski definition) is 2. The van der Waals surface area contributed by atoms with Gasteiger partial charge in [0.15, 0.2) is 0 Å². The van der Waals surface area contributed by atoms with Crippen LogP contribution in [0, 0.1) is 12.3 Å². The van der Waals surface area contributed by atoms with Gasteiger partial charge in [-0.1, -0.05) is 13.8 Å². The molecule has 1 heterocycles. The molecule has 13 heavy (non-hydrogen) atoms. The van der Waals surface area contributed by atoms with E-state index in [-0.39, 0.29) is 0 Å². The molecule has 0 radical (unpaired) electrons. The highest BCUT2D eigenvalue weighted by Gasteiger charge is 2.57. The molecule has 1 saturated carbocycles.